The summed E-state index contributed by atoms with van der Waals surface area (Å²) in [5.41, 5.74) is 9.23. The molecule has 1 amide bonds. The number of amides is 1. The summed E-state index contributed by atoms with van der Waals surface area (Å²) < 4.78 is 0. The lowest BCUT2D eigenvalue weighted by atomic mass is 9.92. The fraction of sp³-hybridized carbons (Fsp3) is 0.400. The second-order valence-corrected chi connectivity index (χ2v) is 7.25. The van der Waals surface area contributed by atoms with Crippen molar-refractivity contribution in [3.8, 4) is 0 Å². The Hall–Kier alpha value is -2.24. The summed E-state index contributed by atoms with van der Waals surface area (Å²) in [4.78, 5) is 17.6. The van der Waals surface area contributed by atoms with Crippen molar-refractivity contribution >= 4 is 11.6 Å². The van der Waals surface area contributed by atoms with Crippen molar-refractivity contribution in [2.24, 2.45) is 11.1 Å². The fourth-order valence-electron chi connectivity index (χ4n) is 2.74. The van der Waals surface area contributed by atoms with Gasteiger partial charge in [-0.15, -0.1) is 0 Å². The normalized spacial score (nSPS) is 11.6. The standard InChI is InChI=1S/C20H28N4O/c1-16(25)23-19-6-4-17(5-7-19)12-24(15-20(2,3)14-21)13-18-8-10-22-11-9-18/h4-11H,12-15,21H2,1-3H3,(H,23,25). The molecule has 0 aliphatic rings. The Bertz CT molecular complexity index is 668. The lowest BCUT2D eigenvalue weighted by molar-refractivity contribution is -0.114. The zero-order valence-electron chi connectivity index (χ0n) is 15.3. The average Bonchev–Trinajstić information content (AvgIpc) is 2.57. The van der Waals surface area contributed by atoms with Gasteiger partial charge in [0.2, 0.25) is 5.91 Å². The van der Waals surface area contributed by atoms with Crippen molar-refractivity contribution in [2.45, 2.75) is 33.9 Å². The predicted molar refractivity (Wildman–Crippen MR) is 102 cm³/mol. The van der Waals surface area contributed by atoms with Crippen LogP contribution in [0.2, 0.25) is 0 Å². The molecule has 1 aromatic heterocycles. The van der Waals surface area contributed by atoms with Crippen molar-refractivity contribution in [3.05, 3.63) is 59.9 Å². The first-order chi connectivity index (χ1) is 11.9. The van der Waals surface area contributed by atoms with Gasteiger partial charge in [-0.3, -0.25) is 14.7 Å². The molecule has 0 fully saturated rings. The average molecular weight is 340 g/mol. The molecular formula is C20H28N4O. The summed E-state index contributed by atoms with van der Waals surface area (Å²) >= 11 is 0. The molecule has 0 aliphatic heterocycles. The van der Waals surface area contributed by atoms with Gasteiger partial charge in [0.15, 0.2) is 0 Å². The van der Waals surface area contributed by atoms with E-state index in [9.17, 15) is 4.79 Å². The molecule has 1 aromatic carbocycles. The highest BCUT2D eigenvalue weighted by Gasteiger charge is 2.20. The van der Waals surface area contributed by atoms with E-state index in [0.29, 0.717) is 6.54 Å². The molecule has 0 radical (unpaired) electrons. The van der Waals surface area contributed by atoms with E-state index in [-0.39, 0.29) is 11.3 Å². The summed E-state index contributed by atoms with van der Waals surface area (Å²) in [5.74, 6) is -0.0586. The lowest BCUT2D eigenvalue weighted by Crippen LogP contribution is -2.38. The van der Waals surface area contributed by atoms with Gasteiger partial charge in [-0.05, 0) is 47.4 Å². The topological polar surface area (TPSA) is 71.2 Å². The molecule has 3 N–H and O–H groups in total. The highest BCUT2D eigenvalue weighted by Crippen LogP contribution is 2.20. The van der Waals surface area contributed by atoms with Gasteiger partial charge >= 0.3 is 0 Å². The van der Waals surface area contributed by atoms with Gasteiger partial charge in [-0.25, -0.2) is 0 Å². The highest BCUT2D eigenvalue weighted by atomic mass is 16.1. The van der Waals surface area contributed by atoms with Gasteiger partial charge < -0.3 is 11.1 Å². The molecule has 2 rings (SSSR count). The first-order valence-corrected chi connectivity index (χ1v) is 8.56. The second-order valence-electron chi connectivity index (χ2n) is 7.25. The Morgan fingerprint density at radius 3 is 2.16 bits per heavy atom. The molecule has 5 nitrogen and oxygen atoms in total. The van der Waals surface area contributed by atoms with Crippen molar-refractivity contribution in [3.63, 3.8) is 0 Å². The third kappa shape index (κ3) is 6.64. The van der Waals surface area contributed by atoms with Gasteiger partial charge in [-0.1, -0.05) is 26.0 Å². The number of nitrogens with zero attached hydrogens (tertiary/aromatic N) is 2. The number of pyridine rings is 1. The van der Waals surface area contributed by atoms with Crippen LogP contribution in [-0.4, -0.2) is 28.9 Å². The lowest BCUT2D eigenvalue weighted by Gasteiger charge is -2.32. The molecule has 0 aliphatic carbocycles. The zero-order chi connectivity index (χ0) is 18.3. The number of hydrogen-bond acceptors (Lipinski definition) is 4. The van der Waals surface area contributed by atoms with E-state index in [1.54, 1.807) is 0 Å². The quantitative estimate of drug-likeness (QED) is 0.775. The Kier molecular flexibility index (Phi) is 6.67. The van der Waals surface area contributed by atoms with Crippen LogP contribution >= 0.6 is 0 Å². The van der Waals surface area contributed by atoms with Gasteiger partial charge in [0.05, 0.1) is 0 Å². The number of nitrogens with two attached hydrogens (primary N) is 1. The van der Waals surface area contributed by atoms with Crippen LogP contribution in [0.25, 0.3) is 0 Å². The number of carbonyl (C=O) groups is 1. The maximum Gasteiger partial charge on any atom is 0.221 e. The van der Waals surface area contributed by atoms with Gasteiger partial charge in [0.1, 0.15) is 0 Å². The molecule has 0 unspecified atom stereocenters. The van der Waals surface area contributed by atoms with E-state index in [1.165, 1.54) is 18.1 Å². The summed E-state index contributed by atoms with van der Waals surface area (Å²) in [6.07, 6.45) is 3.65. The molecule has 2 aromatic rings. The molecule has 0 bridgehead atoms. The number of nitrogens with one attached hydrogen (secondary N) is 1. The molecule has 25 heavy (non-hydrogen) atoms. The Labute approximate surface area is 150 Å². The van der Waals surface area contributed by atoms with E-state index in [1.807, 2.05) is 36.7 Å². The van der Waals surface area contributed by atoms with E-state index >= 15 is 0 Å². The van der Waals surface area contributed by atoms with E-state index in [4.69, 9.17) is 5.73 Å². The third-order valence-electron chi connectivity index (χ3n) is 4.04. The Morgan fingerprint density at radius 2 is 1.64 bits per heavy atom. The van der Waals surface area contributed by atoms with Crippen molar-refractivity contribution < 1.29 is 4.79 Å². The smallest absolute Gasteiger partial charge is 0.221 e. The maximum atomic E-state index is 11.1. The molecule has 0 spiro atoms. The number of carbonyl (C=O) groups excluding carboxylic acids is 1. The summed E-state index contributed by atoms with van der Waals surface area (Å²) in [6, 6.07) is 12.1. The molecule has 5 heteroatoms. The SMILES string of the molecule is CC(=O)Nc1ccc(CN(Cc2ccncc2)CC(C)(C)CN)cc1. The zero-order valence-corrected chi connectivity index (χ0v) is 15.3. The van der Waals surface area contributed by atoms with Crippen LogP contribution in [0.3, 0.4) is 0 Å². The molecule has 134 valence electrons. The van der Waals surface area contributed by atoms with Crippen LogP contribution in [0.4, 0.5) is 5.69 Å². The minimum absolute atomic E-state index is 0.0448. The number of hydrogen-bond donors (Lipinski definition) is 2. The van der Waals surface area contributed by atoms with Crippen molar-refractivity contribution in [2.75, 3.05) is 18.4 Å². The molecule has 0 saturated heterocycles. The van der Waals surface area contributed by atoms with Crippen LogP contribution in [0, 0.1) is 5.41 Å². The summed E-state index contributed by atoms with van der Waals surface area (Å²) in [6.45, 7) is 9.10. The predicted octanol–water partition coefficient (Wildman–Crippen LogP) is 3.03. The fourth-order valence-corrected chi connectivity index (χ4v) is 2.74. The molecular weight excluding hydrogens is 312 g/mol. The van der Waals surface area contributed by atoms with Gasteiger partial charge in [-0.2, -0.15) is 0 Å². The molecule has 1 heterocycles. The number of anilines is 1. The van der Waals surface area contributed by atoms with Crippen LogP contribution < -0.4 is 11.1 Å². The minimum atomic E-state index is -0.0586. The maximum absolute atomic E-state index is 11.1. The van der Waals surface area contributed by atoms with E-state index < -0.39 is 0 Å². The highest BCUT2D eigenvalue weighted by molar-refractivity contribution is 5.88. The number of benzene rings is 1. The number of aromatic nitrogens is 1. The largest absolute Gasteiger partial charge is 0.330 e. The van der Waals surface area contributed by atoms with E-state index in [2.05, 4.69) is 41.2 Å². The minimum Gasteiger partial charge on any atom is -0.330 e. The first-order valence-electron chi connectivity index (χ1n) is 8.56. The monoisotopic (exact) mass is 340 g/mol. The van der Waals surface area contributed by atoms with Crippen molar-refractivity contribution in [1.82, 2.24) is 9.88 Å². The third-order valence-corrected chi connectivity index (χ3v) is 4.04. The first kappa shape index (κ1) is 19.1. The van der Waals surface area contributed by atoms with Crippen LogP contribution in [0.1, 0.15) is 31.9 Å². The Balaban J connectivity index is 2.10. The van der Waals surface area contributed by atoms with E-state index in [0.717, 1.165) is 25.3 Å². The molecule has 0 saturated carbocycles. The Morgan fingerprint density at radius 1 is 1.08 bits per heavy atom. The van der Waals surface area contributed by atoms with Crippen LogP contribution in [0.15, 0.2) is 48.8 Å². The summed E-state index contributed by atoms with van der Waals surface area (Å²) in [7, 11) is 0. The van der Waals surface area contributed by atoms with Crippen LogP contribution in [-0.2, 0) is 17.9 Å². The second kappa shape index (κ2) is 8.74. The molecule has 0 atom stereocenters. The van der Waals surface area contributed by atoms with Crippen LogP contribution in [0.5, 0.6) is 0 Å². The number of rotatable bonds is 8. The van der Waals surface area contributed by atoms with Gasteiger partial charge in [0, 0.05) is 44.6 Å². The summed E-state index contributed by atoms with van der Waals surface area (Å²) in [5, 5.41) is 2.80. The van der Waals surface area contributed by atoms with Gasteiger partial charge in [0.25, 0.3) is 0 Å². The van der Waals surface area contributed by atoms with Crippen molar-refractivity contribution in [1.29, 1.82) is 0 Å².